The van der Waals surface area contributed by atoms with Gasteiger partial charge in [-0.25, -0.2) is 0 Å². The molecule has 0 radical (unpaired) electrons. The highest BCUT2D eigenvalue weighted by molar-refractivity contribution is 8.00. The molecule has 0 saturated carbocycles. The summed E-state index contributed by atoms with van der Waals surface area (Å²) in [6.07, 6.45) is 0. The maximum absolute atomic E-state index is 6.09. The standard InChI is InChI=1S/C13H20N2OS/c1-9-7-15(8-10(2)17-9)13-5-4-11(16-3)6-12(13)14/h4-6,9-10H,7-8,14H2,1-3H3. The first-order valence-corrected chi connectivity index (χ1v) is 6.88. The molecule has 2 unspecified atom stereocenters. The number of nitrogen functional groups attached to an aromatic ring is 1. The molecule has 3 nitrogen and oxygen atoms in total. The van der Waals surface area contributed by atoms with Gasteiger partial charge >= 0.3 is 0 Å². The molecule has 2 atom stereocenters. The monoisotopic (exact) mass is 252 g/mol. The van der Waals surface area contributed by atoms with Crippen molar-refractivity contribution in [1.82, 2.24) is 0 Å². The second-order valence-electron chi connectivity index (χ2n) is 4.59. The predicted octanol–water partition coefficient (Wildman–Crippen LogP) is 2.61. The summed E-state index contributed by atoms with van der Waals surface area (Å²) in [4.78, 5) is 2.38. The minimum absolute atomic E-state index is 0.653. The van der Waals surface area contributed by atoms with Crippen molar-refractivity contribution >= 4 is 23.1 Å². The van der Waals surface area contributed by atoms with Gasteiger partial charge < -0.3 is 15.4 Å². The van der Waals surface area contributed by atoms with Crippen molar-refractivity contribution in [2.75, 3.05) is 30.8 Å². The van der Waals surface area contributed by atoms with Crippen molar-refractivity contribution in [3.05, 3.63) is 18.2 Å². The van der Waals surface area contributed by atoms with Gasteiger partial charge in [0.05, 0.1) is 18.5 Å². The zero-order valence-corrected chi connectivity index (χ0v) is 11.5. The highest BCUT2D eigenvalue weighted by Crippen LogP contribution is 2.33. The molecular formula is C13H20N2OS. The number of methoxy groups -OCH3 is 1. The van der Waals surface area contributed by atoms with Crippen LogP contribution in [-0.4, -0.2) is 30.7 Å². The molecule has 1 heterocycles. The van der Waals surface area contributed by atoms with E-state index in [-0.39, 0.29) is 0 Å². The van der Waals surface area contributed by atoms with E-state index in [1.165, 1.54) is 0 Å². The highest BCUT2D eigenvalue weighted by Gasteiger charge is 2.23. The van der Waals surface area contributed by atoms with Gasteiger partial charge in [-0.2, -0.15) is 11.8 Å². The van der Waals surface area contributed by atoms with E-state index in [0.717, 1.165) is 30.2 Å². The Labute approximate surface area is 107 Å². The number of ether oxygens (including phenoxy) is 1. The van der Waals surface area contributed by atoms with Gasteiger partial charge in [-0.3, -0.25) is 0 Å². The van der Waals surface area contributed by atoms with Crippen LogP contribution in [0.3, 0.4) is 0 Å². The second kappa shape index (κ2) is 5.08. The van der Waals surface area contributed by atoms with Gasteiger partial charge in [0.15, 0.2) is 0 Å². The average molecular weight is 252 g/mol. The molecule has 1 aromatic carbocycles. The third-order valence-corrected chi connectivity index (χ3v) is 4.22. The van der Waals surface area contributed by atoms with Crippen LogP contribution in [-0.2, 0) is 0 Å². The van der Waals surface area contributed by atoms with Gasteiger partial charge in [0.25, 0.3) is 0 Å². The van der Waals surface area contributed by atoms with Gasteiger partial charge in [0, 0.05) is 29.7 Å². The summed E-state index contributed by atoms with van der Waals surface area (Å²) in [5, 5.41) is 1.31. The Morgan fingerprint density at radius 2 is 1.94 bits per heavy atom. The molecule has 1 fully saturated rings. The van der Waals surface area contributed by atoms with Crippen LogP contribution in [0.15, 0.2) is 18.2 Å². The van der Waals surface area contributed by atoms with Gasteiger partial charge in [0.1, 0.15) is 5.75 Å². The third-order valence-electron chi connectivity index (χ3n) is 2.99. The summed E-state index contributed by atoms with van der Waals surface area (Å²) in [7, 11) is 1.66. The molecule has 0 bridgehead atoms. The van der Waals surface area contributed by atoms with E-state index in [9.17, 15) is 0 Å². The maximum atomic E-state index is 6.09. The largest absolute Gasteiger partial charge is 0.497 e. The number of benzene rings is 1. The normalized spacial score (nSPS) is 24.8. The number of anilines is 2. The minimum Gasteiger partial charge on any atom is -0.497 e. The van der Waals surface area contributed by atoms with Crippen molar-refractivity contribution in [2.45, 2.75) is 24.3 Å². The Balaban J connectivity index is 2.21. The molecule has 94 valence electrons. The van der Waals surface area contributed by atoms with E-state index < -0.39 is 0 Å². The molecule has 1 aromatic rings. The topological polar surface area (TPSA) is 38.5 Å². The number of nitrogens with zero attached hydrogens (tertiary/aromatic N) is 1. The Morgan fingerprint density at radius 1 is 1.29 bits per heavy atom. The average Bonchev–Trinajstić information content (AvgIpc) is 2.27. The number of thioether (sulfide) groups is 1. The van der Waals surface area contributed by atoms with E-state index in [1.807, 2.05) is 23.9 Å². The van der Waals surface area contributed by atoms with Crippen LogP contribution >= 0.6 is 11.8 Å². The molecule has 0 aromatic heterocycles. The second-order valence-corrected chi connectivity index (χ2v) is 6.47. The molecule has 1 aliphatic heterocycles. The van der Waals surface area contributed by atoms with Crippen LogP contribution in [0, 0.1) is 0 Å². The molecule has 0 amide bonds. The minimum atomic E-state index is 0.653. The van der Waals surface area contributed by atoms with Crippen LogP contribution in [0.1, 0.15) is 13.8 Å². The number of hydrogen-bond acceptors (Lipinski definition) is 4. The first-order valence-electron chi connectivity index (χ1n) is 5.94. The van der Waals surface area contributed by atoms with E-state index in [2.05, 4.69) is 24.8 Å². The molecule has 1 saturated heterocycles. The number of hydrogen-bond donors (Lipinski definition) is 1. The fraction of sp³-hybridized carbons (Fsp3) is 0.538. The Hall–Kier alpha value is -1.03. The highest BCUT2D eigenvalue weighted by atomic mass is 32.2. The van der Waals surface area contributed by atoms with Crippen LogP contribution in [0.4, 0.5) is 11.4 Å². The molecule has 0 spiro atoms. The van der Waals surface area contributed by atoms with Crippen molar-refractivity contribution in [1.29, 1.82) is 0 Å². The lowest BCUT2D eigenvalue weighted by Crippen LogP contribution is -2.40. The van der Waals surface area contributed by atoms with Gasteiger partial charge in [-0.15, -0.1) is 0 Å². The summed E-state index contributed by atoms with van der Waals surface area (Å²) >= 11 is 2.05. The van der Waals surface area contributed by atoms with E-state index >= 15 is 0 Å². The summed E-state index contributed by atoms with van der Waals surface area (Å²) < 4.78 is 5.18. The van der Waals surface area contributed by atoms with Crippen molar-refractivity contribution < 1.29 is 4.74 Å². The molecule has 0 aliphatic carbocycles. The molecule has 4 heteroatoms. The quantitative estimate of drug-likeness (QED) is 0.821. The molecular weight excluding hydrogens is 232 g/mol. The van der Waals surface area contributed by atoms with Gasteiger partial charge in [-0.1, -0.05) is 13.8 Å². The lowest BCUT2D eigenvalue weighted by atomic mass is 10.2. The summed E-state index contributed by atoms with van der Waals surface area (Å²) in [6.45, 7) is 6.66. The summed E-state index contributed by atoms with van der Waals surface area (Å²) in [5.41, 5.74) is 8.02. The van der Waals surface area contributed by atoms with Crippen LogP contribution in [0.25, 0.3) is 0 Å². The van der Waals surface area contributed by atoms with Crippen LogP contribution in [0.5, 0.6) is 5.75 Å². The SMILES string of the molecule is COc1ccc(N2CC(C)SC(C)C2)c(N)c1. The third kappa shape index (κ3) is 2.80. The summed E-state index contributed by atoms with van der Waals surface area (Å²) in [6, 6.07) is 5.93. The van der Waals surface area contributed by atoms with Crippen LogP contribution in [0.2, 0.25) is 0 Å². The van der Waals surface area contributed by atoms with Crippen molar-refractivity contribution in [3.63, 3.8) is 0 Å². The fourth-order valence-electron chi connectivity index (χ4n) is 2.32. The zero-order valence-electron chi connectivity index (χ0n) is 10.6. The molecule has 1 aliphatic rings. The van der Waals surface area contributed by atoms with E-state index in [1.54, 1.807) is 7.11 Å². The van der Waals surface area contributed by atoms with Crippen molar-refractivity contribution in [2.24, 2.45) is 0 Å². The Morgan fingerprint density at radius 3 is 2.47 bits per heavy atom. The Kier molecular flexibility index (Phi) is 3.72. The molecule has 17 heavy (non-hydrogen) atoms. The zero-order chi connectivity index (χ0) is 12.4. The van der Waals surface area contributed by atoms with E-state index in [0.29, 0.717) is 10.5 Å². The lowest BCUT2D eigenvalue weighted by molar-refractivity contribution is 0.415. The van der Waals surface area contributed by atoms with Gasteiger partial charge in [-0.05, 0) is 12.1 Å². The molecule has 2 rings (SSSR count). The lowest BCUT2D eigenvalue weighted by Gasteiger charge is -2.36. The maximum Gasteiger partial charge on any atom is 0.121 e. The number of rotatable bonds is 2. The van der Waals surface area contributed by atoms with Crippen molar-refractivity contribution in [3.8, 4) is 5.75 Å². The number of nitrogens with two attached hydrogens (primary N) is 1. The smallest absolute Gasteiger partial charge is 0.121 e. The fourth-order valence-corrected chi connectivity index (χ4v) is 3.65. The van der Waals surface area contributed by atoms with E-state index in [4.69, 9.17) is 10.5 Å². The van der Waals surface area contributed by atoms with Gasteiger partial charge in [0.2, 0.25) is 0 Å². The Bertz CT molecular complexity index is 387. The molecule has 2 N–H and O–H groups in total. The summed E-state index contributed by atoms with van der Waals surface area (Å²) in [5.74, 6) is 0.818. The van der Waals surface area contributed by atoms with Crippen LogP contribution < -0.4 is 15.4 Å². The first kappa shape index (κ1) is 12.4. The predicted molar refractivity (Wildman–Crippen MR) is 76.1 cm³/mol. The first-order chi connectivity index (χ1) is 8.10.